The fraction of sp³-hybridized carbons (Fsp3) is 0.364. The van der Waals surface area contributed by atoms with E-state index in [9.17, 15) is 35.5 Å². The van der Waals surface area contributed by atoms with E-state index in [0.29, 0.717) is 0 Å². The number of hydrogen-bond donors (Lipinski definition) is 2. The van der Waals surface area contributed by atoms with Gasteiger partial charge in [0.15, 0.2) is 0 Å². The number of rotatable bonds is 6. The molecule has 0 heterocycles. The minimum Gasteiger partial charge on any atom is -0.480 e. The highest BCUT2D eigenvalue weighted by molar-refractivity contribution is 8.00. The van der Waals surface area contributed by atoms with Gasteiger partial charge in [-0.15, -0.1) is 0 Å². The fourth-order valence-corrected chi connectivity index (χ4v) is 2.29. The first-order valence-corrected chi connectivity index (χ1v) is 6.74. The van der Waals surface area contributed by atoms with Crippen molar-refractivity contribution in [1.29, 1.82) is 0 Å². The van der Waals surface area contributed by atoms with E-state index in [1.54, 1.807) is 0 Å². The van der Waals surface area contributed by atoms with E-state index in [1.807, 2.05) is 0 Å². The van der Waals surface area contributed by atoms with Crippen LogP contribution in [0.15, 0.2) is 23.1 Å². The summed E-state index contributed by atoms with van der Waals surface area (Å²) in [5.41, 5.74) is -0.204. The Kier molecular flexibility index (Phi) is 5.68. The van der Waals surface area contributed by atoms with Gasteiger partial charge in [0.05, 0.1) is 10.7 Å². The minimum absolute atomic E-state index is 0.124. The number of benzene rings is 1. The Morgan fingerprint density at radius 2 is 1.74 bits per heavy atom. The molecule has 0 atom stereocenters. The molecule has 2 N–H and O–H groups in total. The smallest absolute Gasteiger partial charge is 0.460 e. The van der Waals surface area contributed by atoms with Crippen molar-refractivity contribution >= 4 is 35.0 Å². The van der Waals surface area contributed by atoms with E-state index in [4.69, 9.17) is 16.7 Å². The Labute approximate surface area is 133 Å². The first-order valence-electron chi connectivity index (χ1n) is 5.54. The Morgan fingerprint density at radius 1 is 1.17 bits per heavy atom. The Bertz CT molecular complexity index is 594. The molecule has 0 aliphatic rings. The zero-order valence-corrected chi connectivity index (χ0v) is 12.3. The minimum atomic E-state index is -6.43. The van der Waals surface area contributed by atoms with Crippen molar-refractivity contribution in [3.8, 4) is 0 Å². The molecule has 1 aromatic rings. The molecule has 0 spiro atoms. The number of anilines is 1. The molecular weight excluding hydrogens is 379 g/mol. The molecule has 1 aromatic carbocycles. The van der Waals surface area contributed by atoms with Crippen LogP contribution in [-0.2, 0) is 4.79 Å². The van der Waals surface area contributed by atoms with Gasteiger partial charge in [-0.05, 0) is 30.0 Å². The Balaban J connectivity index is 3.04. The van der Waals surface area contributed by atoms with Gasteiger partial charge in [-0.25, -0.2) is 0 Å². The third-order valence-corrected chi connectivity index (χ3v) is 3.67. The lowest BCUT2D eigenvalue weighted by Crippen LogP contribution is -2.49. The van der Waals surface area contributed by atoms with Gasteiger partial charge < -0.3 is 10.4 Å². The van der Waals surface area contributed by atoms with Crippen molar-refractivity contribution in [3.05, 3.63) is 23.2 Å². The van der Waals surface area contributed by atoms with Crippen molar-refractivity contribution in [1.82, 2.24) is 0 Å². The summed E-state index contributed by atoms with van der Waals surface area (Å²) in [5, 5.41) is 5.08. The van der Waals surface area contributed by atoms with Crippen LogP contribution in [0.1, 0.15) is 0 Å². The lowest BCUT2D eigenvalue weighted by Gasteiger charge is -2.27. The van der Waals surface area contributed by atoms with Crippen LogP contribution in [0.2, 0.25) is 5.02 Å². The first-order chi connectivity index (χ1) is 10.3. The molecular formula is C11H7ClF7NO2S. The highest BCUT2D eigenvalue weighted by Crippen LogP contribution is 2.54. The molecule has 0 aliphatic carbocycles. The number of alkyl halides is 7. The maximum Gasteiger partial charge on any atom is 0.460 e. The second-order valence-corrected chi connectivity index (χ2v) is 5.68. The third-order valence-electron chi connectivity index (χ3n) is 2.34. The van der Waals surface area contributed by atoms with Crippen LogP contribution >= 0.6 is 23.4 Å². The average Bonchev–Trinajstić information content (AvgIpc) is 2.37. The van der Waals surface area contributed by atoms with Gasteiger partial charge in [-0.1, -0.05) is 11.6 Å². The predicted molar refractivity (Wildman–Crippen MR) is 69.4 cm³/mol. The van der Waals surface area contributed by atoms with Crippen LogP contribution in [-0.4, -0.2) is 35.0 Å². The van der Waals surface area contributed by atoms with Gasteiger partial charge in [0.2, 0.25) is 0 Å². The molecule has 0 saturated carbocycles. The second kappa shape index (κ2) is 6.63. The molecule has 23 heavy (non-hydrogen) atoms. The number of carbonyl (C=O) groups is 1. The SMILES string of the molecule is O=C(O)CNc1cc(SC(F)(F)C(F)(F)C(F)(F)F)ccc1Cl. The monoisotopic (exact) mass is 385 g/mol. The summed E-state index contributed by atoms with van der Waals surface area (Å²) in [6.45, 7) is -0.664. The van der Waals surface area contributed by atoms with Crippen LogP contribution in [0, 0.1) is 0 Å². The summed E-state index contributed by atoms with van der Waals surface area (Å²) < 4.78 is 88.3. The molecule has 0 saturated heterocycles. The Hall–Kier alpha value is -1.36. The number of carboxylic acids is 1. The topological polar surface area (TPSA) is 49.3 Å². The maximum absolute atomic E-state index is 13.3. The number of nitrogens with one attached hydrogen (secondary N) is 1. The Morgan fingerprint density at radius 3 is 2.22 bits per heavy atom. The van der Waals surface area contributed by atoms with E-state index in [2.05, 4.69) is 5.32 Å². The van der Waals surface area contributed by atoms with Gasteiger partial charge in [-0.2, -0.15) is 30.7 Å². The van der Waals surface area contributed by atoms with E-state index < -0.39 is 46.5 Å². The van der Waals surface area contributed by atoms with Crippen molar-refractivity contribution in [2.75, 3.05) is 11.9 Å². The number of hydrogen-bond acceptors (Lipinski definition) is 3. The summed E-state index contributed by atoms with van der Waals surface area (Å²) in [6, 6.07) is 2.51. The summed E-state index contributed by atoms with van der Waals surface area (Å²) >= 11 is 4.62. The predicted octanol–water partition coefficient (Wildman–Crippen LogP) is 4.72. The van der Waals surface area contributed by atoms with Crippen molar-refractivity contribution in [2.45, 2.75) is 22.2 Å². The first kappa shape index (κ1) is 19.7. The lowest BCUT2D eigenvalue weighted by molar-refractivity contribution is -0.330. The summed E-state index contributed by atoms with van der Waals surface area (Å²) in [4.78, 5) is 9.73. The fourth-order valence-electron chi connectivity index (χ4n) is 1.25. The van der Waals surface area contributed by atoms with Gasteiger partial charge in [0, 0.05) is 4.90 Å². The normalized spacial score (nSPS) is 13.0. The van der Waals surface area contributed by atoms with Crippen LogP contribution < -0.4 is 5.32 Å². The van der Waals surface area contributed by atoms with E-state index in [1.165, 1.54) is 0 Å². The molecule has 0 fully saturated rings. The average molecular weight is 386 g/mol. The highest BCUT2D eigenvalue weighted by atomic mass is 35.5. The summed E-state index contributed by atoms with van der Waals surface area (Å²) in [5.74, 6) is -7.58. The third kappa shape index (κ3) is 4.56. The molecule has 1 rings (SSSR count). The molecule has 0 bridgehead atoms. The quantitative estimate of drug-likeness (QED) is 0.549. The van der Waals surface area contributed by atoms with Crippen LogP contribution in [0.5, 0.6) is 0 Å². The summed E-state index contributed by atoms with van der Waals surface area (Å²) in [6.07, 6.45) is -6.43. The molecule has 3 nitrogen and oxygen atoms in total. The lowest BCUT2D eigenvalue weighted by atomic mass is 10.3. The van der Waals surface area contributed by atoms with Crippen LogP contribution in [0.4, 0.5) is 36.4 Å². The summed E-state index contributed by atoms with van der Waals surface area (Å²) in [7, 11) is 0. The zero-order chi connectivity index (χ0) is 18.1. The van der Waals surface area contributed by atoms with Crippen LogP contribution in [0.25, 0.3) is 0 Å². The van der Waals surface area contributed by atoms with Crippen LogP contribution in [0.3, 0.4) is 0 Å². The van der Waals surface area contributed by atoms with E-state index >= 15 is 0 Å². The number of halogens is 8. The van der Waals surface area contributed by atoms with Gasteiger partial charge in [0.25, 0.3) is 0 Å². The second-order valence-electron chi connectivity index (χ2n) is 4.08. The largest absolute Gasteiger partial charge is 0.480 e. The van der Waals surface area contributed by atoms with Crippen molar-refractivity contribution < 1.29 is 40.6 Å². The molecule has 12 heteroatoms. The molecule has 0 aromatic heterocycles. The molecule has 0 unspecified atom stereocenters. The highest BCUT2D eigenvalue weighted by Gasteiger charge is 2.73. The standard InChI is InChI=1S/C11H7ClF7NO2S/c12-6-2-1-5(3-7(6)20-4-8(21)22)23-11(18,19)9(13,14)10(15,16)17/h1-3,20H,4H2,(H,21,22). The zero-order valence-electron chi connectivity index (χ0n) is 10.7. The van der Waals surface area contributed by atoms with E-state index in [-0.39, 0.29) is 10.7 Å². The van der Waals surface area contributed by atoms with Gasteiger partial charge in [-0.3, -0.25) is 4.79 Å². The number of thioether (sulfide) groups is 1. The number of carboxylic acid groups (broad SMARTS) is 1. The molecule has 0 aliphatic heterocycles. The van der Waals surface area contributed by atoms with Crippen molar-refractivity contribution in [2.24, 2.45) is 0 Å². The number of aliphatic carboxylic acids is 1. The molecule has 0 radical (unpaired) electrons. The molecule has 0 amide bonds. The van der Waals surface area contributed by atoms with Gasteiger partial charge in [0.1, 0.15) is 6.54 Å². The van der Waals surface area contributed by atoms with E-state index in [0.717, 1.165) is 18.2 Å². The van der Waals surface area contributed by atoms with Gasteiger partial charge >= 0.3 is 23.3 Å². The molecule has 130 valence electrons. The maximum atomic E-state index is 13.3. The van der Waals surface area contributed by atoms with Crippen molar-refractivity contribution in [3.63, 3.8) is 0 Å².